The van der Waals surface area contributed by atoms with Crippen molar-refractivity contribution in [2.75, 3.05) is 13.6 Å². The van der Waals surface area contributed by atoms with E-state index in [-0.39, 0.29) is 23.4 Å². The third-order valence-corrected chi connectivity index (χ3v) is 3.33. The number of nitrogens with zero attached hydrogens (tertiary/aromatic N) is 2. The Bertz CT molecular complexity index is 699. The van der Waals surface area contributed by atoms with Gasteiger partial charge in [0.15, 0.2) is 0 Å². The lowest BCUT2D eigenvalue weighted by Gasteiger charge is -2.19. The first-order valence-electron chi connectivity index (χ1n) is 6.68. The Labute approximate surface area is 126 Å². The maximum atomic E-state index is 13.9. The molecule has 22 heavy (non-hydrogen) atoms. The molecule has 2 N–H and O–H groups in total. The molecule has 0 spiro atoms. The first-order valence-corrected chi connectivity index (χ1v) is 6.68. The van der Waals surface area contributed by atoms with Gasteiger partial charge in [-0.2, -0.15) is 5.10 Å². The molecule has 0 bridgehead atoms. The lowest BCUT2D eigenvalue weighted by molar-refractivity contribution is -0.141. The van der Waals surface area contributed by atoms with Crippen molar-refractivity contribution in [2.45, 2.75) is 6.92 Å². The van der Waals surface area contributed by atoms with Gasteiger partial charge in [-0.1, -0.05) is 19.1 Å². The number of hydrogen-bond donors (Lipinski definition) is 2. The van der Waals surface area contributed by atoms with Crippen molar-refractivity contribution < 1.29 is 19.1 Å². The van der Waals surface area contributed by atoms with Gasteiger partial charge in [-0.05, 0) is 12.1 Å². The molecule has 1 amide bonds. The molecule has 1 aromatic carbocycles. The lowest BCUT2D eigenvalue weighted by atomic mass is 10.1. The van der Waals surface area contributed by atoms with Crippen molar-refractivity contribution in [3.8, 4) is 11.3 Å². The number of H-pyrrole nitrogens is 1. The molecule has 1 atom stereocenters. The van der Waals surface area contributed by atoms with E-state index in [1.54, 1.807) is 18.2 Å². The normalized spacial score (nSPS) is 12.0. The number of carboxylic acids is 1. The van der Waals surface area contributed by atoms with Crippen LogP contribution < -0.4 is 0 Å². The van der Waals surface area contributed by atoms with Crippen LogP contribution in [-0.2, 0) is 4.79 Å². The fourth-order valence-corrected chi connectivity index (χ4v) is 2.09. The monoisotopic (exact) mass is 305 g/mol. The van der Waals surface area contributed by atoms with Crippen molar-refractivity contribution in [1.29, 1.82) is 0 Å². The second-order valence-corrected chi connectivity index (χ2v) is 5.06. The van der Waals surface area contributed by atoms with Crippen LogP contribution in [0.4, 0.5) is 4.39 Å². The molecule has 1 heterocycles. The zero-order chi connectivity index (χ0) is 16.3. The Balaban J connectivity index is 2.27. The molecular weight excluding hydrogens is 289 g/mol. The van der Waals surface area contributed by atoms with Crippen LogP contribution in [0.3, 0.4) is 0 Å². The molecule has 2 rings (SSSR count). The molecule has 6 nitrogen and oxygen atoms in total. The molecule has 1 aromatic heterocycles. The van der Waals surface area contributed by atoms with Crippen LogP contribution in [0.15, 0.2) is 30.5 Å². The van der Waals surface area contributed by atoms with E-state index in [4.69, 9.17) is 5.11 Å². The Hall–Kier alpha value is -2.70. The van der Waals surface area contributed by atoms with Crippen LogP contribution in [0.1, 0.15) is 17.3 Å². The number of rotatable bonds is 5. The summed E-state index contributed by atoms with van der Waals surface area (Å²) in [6.07, 6.45) is 1.31. The van der Waals surface area contributed by atoms with Crippen LogP contribution >= 0.6 is 0 Å². The van der Waals surface area contributed by atoms with Gasteiger partial charge >= 0.3 is 5.97 Å². The molecule has 0 aliphatic carbocycles. The topological polar surface area (TPSA) is 86.3 Å². The molecule has 7 heteroatoms. The zero-order valence-electron chi connectivity index (χ0n) is 12.2. The van der Waals surface area contributed by atoms with E-state index in [0.717, 1.165) is 0 Å². The number of nitrogens with one attached hydrogen (secondary N) is 1. The van der Waals surface area contributed by atoms with E-state index in [0.29, 0.717) is 0 Å². The minimum absolute atomic E-state index is 0.0516. The molecule has 0 saturated heterocycles. The van der Waals surface area contributed by atoms with Crippen molar-refractivity contribution >= 4 is 11.9 Å². The number of aromatic amines is 1. The summed E-state index contributed by atoms with van der Waals surface area (Å²) in [6, 6.07) is 6.04. The molecule has 2 aromatic rings. The molecular formula is C15H16FN3O3. The van der Waals surface area contributed by atoms with E-state index in [9.17, 15) is 14.0 Å². The average Bonchev–Trinajstić information content (AvgIpc) is 2.95. The number of halogens is 1. The largest absolute Gasteiger partial charge is 0.481 e. The minimum atomic E-state index is -0.985. The van der Waals surface area contributed by atoms with Crippen molar-refractivity contribution in [2.24, 2.45) is 5.92 Å². The highest BCUT2D eigenvalue weighted by atomic mass is 19.1. The van der Waals surface area contributed by atoms with Gasteiger partial charge < -0.3 is 10.0 Å². The number of aliphatic carboxylic acids is 1. The highest BCUT2D eigenvalue weighted by molar-refractivity contribution is 5.99. The SMILES string of the molecule is CC(CN(C)C(=O)c1cn[nH]c1-c1ccccc1F)C(=O)O. The van der Waals surface area contributed by atoms with Gasteiger partial charge in [0, 0.05) is 19.2 Å². The summed E-state index contributed by atoms with van der Waals surface area (Å²) in [5, 5.41) is 15.3. The van der Waals surface area contributed by atoms with Crippen LogP contribution in [0.25, 0.3) is 11.3 Å². The van der Waals surface area contributed by atoms with Crippen molar-refractivity contribution in [1.82, 2.24) is 15.1 Å². The fraction of sp³-hybridized carbons (Fsp3) is 0.267. The van der Waals surface area contributed by atoms with Gasteiger partial charge in [0.05, 0.1) is 23.4 Å². The molecule has 0 aliphatic heterocycles. The maximum Gasteiger partial charge on any atom is 0.308 e. The molecule has 0 aliphatic rings. The van der Waals surface area contributed by atoms with Gasteiger partial charge in [-0.3, -0.25) is 14.7 Å². The number of carbonyl (C=O) groups excluding carboxylic acids is 1. The highest BCUT2D eigenvalue weighted by Gasteiger charge is 2.23. The second-order valence-electron chi connectivity index (χ2n) is 5.06. The van der Waals surface area contributed by atoms with Crippen LogP contribution in [0, 0.1) is 11.7 Å². The number of hydrogen-bond acceptors (Lipinski definition) is 3. The van der Waals surface area contributed by atoms with E-state index in [1.807, 2.05) is 0 Å². The number of carboxylic acid groups (broad SMARTS) is 1. The highest BCUT2D eigenvalue weighted by Crippen LogP contribution is 2.24. The van der Waals surface area contributed by atoms with Gasteiger partial charge in [-0.25, -0.2) is 4.39 Å². The minimum Gasteiger partial charge on any atom is -0.481 e. The zero-order valence-corrected chi connectivity index (χ0v) is 12.2. The molecule has 116 valence electrons. The van der Waals surface area contributed by atoms with Gasteiger partial charge in [0.2, 0.25) is 0 Å². The standard InChI is InChI=1S/C15H16FN3O3/c1-9(15(21)22)8-19(2)14(20)11-7-17-18-13(11)10-5-3-4-6-12(10)16/h3-7,9H,8H2,1-2H3,(H,17,18)(H,21,22). The van der Waals surface area contributed by atoms with E-state index >= 15 is 0 Å². The number of benzene rings is 1. The van der Waals surface area contributed by atoms with Gasteiger partial charge in [0.25, 0.3) is 5.91 Å². The molecule has 0 radical (unpaired) electrons. The summed E-state index contributed by atoms with van der Waals surface area (Å²) in [5.74, 6) is -2.57. The lowest BCUT2D eigenvalue weighted by Crippen LogP contribution is -2.33. The summed E-state index contributed by atoms with van der Waals surface area (Å²) >= 11 is 0. The van der Waals surface area contributed by atoms with Crippen molar-refractivity contribution in [3.63, 3.8) is 0 Å². The van der Waals surface area contributed by atoms with Crippen molar-refractivity contribution in [3.05, 3.63) is 41.8 Å². The summed E-state index contributed by atoms with van der Waals surface area (Å²) in [5.41, 5.74) is 0.714. The second kappa shape index (κ2) is 6.38. The van der Waals surface area contributed by atoms with E-state index < -0.39 is 23.6 Å². The Morgan fingerprint density at radius 3 is 2.73 bits per heavy atom. The third kappa shape index (κ3) is 3.13. The van der Waals surface area contributed by atoms with Crippen LogP contribution in [0.5, 0.6) is 0 Å². The molecule has 0 saturated carbocycles. The summed E-state index contributed by atoms with van der Waals surface area (Å²) in [4.78, 5) is 24.6. The molecule has 1 unspecified atom stereocenters. The first kappa shape index (κ1) is 15.7. The van der Waals surface area contributed by atoms with E-state index in [1.165, 1.54) is 31.1 Å². The third-order valence-electron chi connectivity index (χ3n) is 3.33. The van der Waals surface area contributed by atoms with Gasteiger partial charge in [0.1, 0.15) is 5.82 Å². The number of carbonyl (C=O) groups is 2. The maximum absolute atomic E-state index is 13.9. The Kier molecular flexibility index (Phi) is 4.55. The van der Waals surface area contributed by atoms with Crippen LogP contribution in [0.2, 0.25) is 0 Å². The molecule has 0 fully saturated rings. The summed E-state index contributed by atoms with van der Waals surface area (Å²) < 4.78 is 13.9. The summed E-state index contributed by atoms with van der Waals surface area (Å²) in [6.45, 7) is 1.56. The Morgan fingerprint density at radius 1 is 1.41 bits per heavy atom. The average molecular weight is 305 g/mol. The van der Waals surface area contributed by atoms with E-state index in [2.05, 4.69) is 10.2 Å². The fourth-order valence-electron chi connectivity index (χ4n) is 2.09. The Morgan fingerprint density at radius 2 is 2.09 bits per heavy atom. The van der Waals surface area contributed by atoms with Gasteiger partial charge in [-0.15, -0.1) is 0 Å². The summed E-state index contributed by atoms with van der Waals surface area (Å²) in [7, 11) is 1.50. The predicted octanol–water partition coefficient (Wildman–Crippen LogP) is 2.01. The number of aromatic nitrogens is 2. The predicted molar refractivity (Wildman–Crippen MR) is 77.7 cm³/mol. The quantitative estimate of drug-likeness (QED) is 0.884. The number of amides is 1. The smallest absolute Gasteiger partial charge is 0.308 e. The first-order chi connectivity index (χ1) is 10.4. The van der Waals surface area contributed by atoms with Crippen LogP contribution in [-0.4, -0.2) is 45.7 Å².